The molecule has 2 aromatic rings. The molecule has 0 aliphatic heterocycles. The van der Waals surface area contributed by atoms with Crippen molar-refractivity contribution in [3.05, 3.63) is 53.6 Å². The second-order valence-corrected chi connectivity index (χ2v) is 4.24. The maximum atomic E-state index is 12.1. The van der Waals surface area contributed by atoms with Gasteiger partial charge in [0.1, 0.15) is 5.75 Å². The zero-order valence-electron chi connectivity index (χ0n) is 10.9. The average molecular weight is 256 g/mol. The molecule has 2 aromatic carbocycles. The van der Waals surface area contributed by atoms with Crippen LogP contribution in [0.2, 0.25) is 0 Å². The molecule has 0 aliphatic rings. The van der Waals surface area contributed by atoms with E-state index in [-0.39, 0.29) is 5.91 Å². The van der Waals surface area contributed by atoms with Gasteiger partial charge in [-0.05, 0) is 31.2 Å². The van der Waals surface area contributed by atoms with Crippen LogP contribution in [0.15, 0.2) is 42.5 Å². The fourth-order valence-corrected chi connectivity index (χ4v) is 1.76. The van der Waals surface area contributed by atoms with Crippen molar-refractivity contribution in [1.82, 2.24) is 0 Å². The first-order chi connectivity index (χ1) is 9.11. The minimum atomic E-state index is -0.250. The van der Waals surface area contributed by atoms with Crippen LogP contribution < -0.4 is 15.8 Å². The summed E-state index contributed by atoms with van der Waals surface area (Å²) in [6, 6.07) is 12.7. The van der Waals surface area contributed by atoms with Crippen molar-refractivity contribution >= 4 is 17.3 Å². The molecule has 0 spiro atoms. The number of aryl methyl sites for hydroxylation is 1. The molecule has 4 nitrogen and oxygen atoms in total. The number of anilines is 2. The molecule has 0 atom stereocenters. The number of benzene rings is 2. The second kappa shape index (κ2) is 5.44. The normalized spacial score (nSPS) is 10.0. The lowest BCUT2D eigenvalue weighted by Gasteiger charge is -2.10. The average Bonchev–Trinajstić information content (AvgIpc) is 2.41. The van der Waals surface area contributed by atoms with Crippen LogP contribution in [-0.2, 0) is 0 Å². The van der Waals surface area contributed by atoms with Gasteiger partial charge in [0.05, 0.1) is 18.4 Å². The molecule has 0 saturated carbocycles. The Hall–Kier alpha value is -2.49. The fraction of sp³-hybridized carbons (Fsp3) is 0.133. The largest absolute Gasteiger partial charge is 0.495 e. The van der Waals surface area contributed by atoms with Crippen molar-refractivity contribution in [2.75, 3.05) is 18.2 Å². The third-order valence-corrected chi connectivity index (χ3v) is 2.84. The Morgan fingerprint density at radius 1 is 1.16 bits per heavy atom. The first-order valence-electron chi connectivity index (χ1n) is 5.92. The number of nitrogens with one attached hydrogen (secondary N) is 1. The minimum Gasteiger partial charge on any atom is -0.495 e. The Kier molecular flexibility index (Phi) is 3.71. The molecule has 0 heterocycles. The molecular formula is C15H16N2O2. The van der Waals surface area contributed by atoms with Gasteiger partial charge in [0.15, 0.2) is 0 Å². The molecule has 4 heteroatoms. The smallest absolute Gasteiger partial charge is 0.257 e. The van der Waals surface area contributed by atoms with Gasteiger partial charge in [0.2, 0.25) is 0 Å². The Labute approximate surface area is 112 Å². The summed E-state index contributed by atoms with van der Waals surface area (Å²) in [5.41, 5.74) is 8.50. The van der Waals surface area contributed by atoms with Gasteiger partial charge in [-0.1, -0.05) is 23.8 Å². The van der Waals surface area contributed by atoms with E-state index >= 15 is 0 Å². The third-order valence-electron chi connectivity index (χ3n) is 2.84. The zero-order valence-corrected chi connectivity index (χ0v) is 10.9. The third kappa shape index (κ3) is 2.85. The molecule has 0 aromatic heterocycles. The zero-order chi connectivity index (χ0) is 13.8. The maximum absolute atomic E-state index is 12.1. The maximum Gasteiger partial charge on any atom is 0.257 e. The molecule has 0 saturated heterocycles. The highest BCUT2D eigenvalue weighted by Crippen LogP contribution is 2.25. The molecule has 19 heavy (non-hydrogen) atoms. The van der Waals surface area contributed by atoms with Crippen molar-refractivity contribution in [2.45, 2.75) is 6.92 Å². The van der Waals surface area contributed by atoms with Crippen molar-refractivity contribution in [2.24, 2.45) is 0 Å². The van der Waals surface area contributed by atoms with E-state index in [4.69, 9.17) is 10.5 Å². The standard InChI is InChI=1S/C15H16N2O2/c1-10-6-8-11(9-7-10)17-15(18)12-4-3-5-13(19-2)14(12)16/h3-9H,16H2,1-2H3,(H,17,18). The van der Waals surface area contributed by atoms with E-state index < -0.39 is 0 Å². The van der Waals surface area contributed by atoms with Crippen LogP contribution in [0, 0.1) is 6.92 Å². The van der Waals surface area contributed by atoms with E-state index in [2.05, 4.69) is 5.32 Å². The lowest BCUT2D eigenvalue weighted by atomic mass is 10.1. The molecular weight excluding hydrogens is 240 g/mol. The van der Waals surface area contributed by atoms with Gasteiger partial charge in [0, 0.05) is 5.69 Å². The number of methoxy groups -OCH3 is 1. The Morgan fingerprint density at radius 2 is 1.84 bits per heavy atom. The van der Waals surface area contributed by atoms with Gasteiger partial charge in [-0.25, -0.2) is 0 Å². The van der Waals surface area contributed by atoms with E-state index in [1.165, 1.54) is 7.11 Å². The number of hydrogen-bond donors (Lipinski definition) is 2. The van der Waals surface area contributed by atoms with Crippen LogP contribution in [0.3, 0.4) is 0 Å². The number of nitrogens with two attached hydrogens (primary N) is 1. The van der Waals surface area contributed by atoms with Gasteiger partial charge in [-0.15, -0.1) is 0 Å². The summed E-state index contributed by atoms with van der Waals surface area (Å²) in [4.78, 5) is 12.1. The highest BCUT2D eigenvalue weighted by molar-refractivity contribution is 6.08. The minimum absolute atomic E-state index is 0.250. The second-order valence-electron chi connectivity index (χ2n) is 4.24. The number of carbonyl (C=O) groups is 1. The lowest BCUT2D eigenvalue weighted by Crippen LogP contribution is -2.14. The number of ether oxygens (including phenoxy) is 1. The van der Waals surface area contributed by atoms with Crippen LogP contribution in [0.1, 0.15) is 15.9 Å². The van der Waals surface area contributed by atoms with Crippen LogP contribution in [-0.4, -0.2) is 13.0 Å². The van der Waals surface area contributed by atoms with Crippen LogP contribution in [0.4, 0.5) is 11.4 Å². The summed E-state index contributed by atoms with van der Waals surface area (Å²) in [6.45, 7) is 1.99. The molecule has 98 valence electrons. The molecule has 3 N–H and O–H groups in total. The monoisotopic (exact) mass is 256 g/mol. The predicted octanol–water partition coefficient (Wildman–Crippen LogP) is 2.84. The van der Waals surface area contributed by atoms with E-state index in [0.29, 0.717) is 17.0 Å². The quantitative estimate of drug-likeness (QED) is 0.830. The highest BCUT2D eigenvalue weighted by atomic mass is 16.5. The number of hydrogen-bond acceptors (Lipinski definition) is 3. The van der Waals surface area contributed by atoms with Crippen LogP contribution >= 0.6 is 0 Å². The SMILES string of the molecule is COc1cccc(C(=O)Nc2ccc(C)cc2)c1N. The van der Waals surface area contributed by atoms with Crippen molar-refractivity contribution < 1.29 is 9.53 Å². The van der Waals surface area contributed by atoms with E-state index in [1.807, 2.05) is 31.2 Å². The summed E-state index contributed by atoms with van der Waals surface area (Å²) in [7, 11) is 1.52. The first kappa shape index (κ1) is 13.0. The molecule has 0 radical (unpaired) electrons. The number of carbonyl (C=O) groups excluding carboxylic acids is 1. The van der Waals surface area contributed by atoms with Gasteiger partial charge >= 0.3 is 0 Å². The highest BCUT2D eigenvalue weighted by Gasteiger charge is 2.12. The van der Waals surface area contributed by atoms with Gasteiger partial charge in [-0.2, -0.15) is 0 Å². The summed E-state index contributed by atoms with van der Waals surface area (Å²) < 4.78 is 5.10. The van der Waals surface area contributed by atoms with Gasteiger partial charge in [-0.3, -0.25) is 4.79 Å². The Morgan fingerprint density at radius 3 is 2.47 bits per heavy atom. The van der Waals surface area contributed by atoms with Crippen LogP contribution in [0.5, 0.6) is 5.75 Å². The molecule has 2 rings (SSSR count). The van der Waals surface area contributed by atoms with Crippen LogP contribution in [0.25, 0.3) is 0 Å². The number of amides is 1. The van der Waals surface area contributed by atoms with Crippen molar-refractivity contribution in [1.29, 1.82) is 0 Å². The predicted molar refractivity (Wildman–Crippen MR) is 76.5 cm³/mol. The van der Waals surface area contributed by atoms with Crippen molar-refractivity contribution in [3.63, 3.8) is 0 Å². The van der Waals surface area contributed by atoms with Gasteiger partial charge < -0.3 is 15.8 Å². The topological polar surface area (TPSA) is 64.3 Å². The summed E-state index contributed by atoms with van der Waals surface area (Å²) in [5.74, 6) is 0.247. The summed E-state index contributed by atoms with van der Waals surface area (Å²) in [5, 5.41) is 2.80. The van der Waals surface area contributed by atoms with Gasteiger partial charge in [0.25, 0.3) is 5.91 Å². The molecule has 0 aliphatic carbocycles. The first-order valence-corrected chi connectivity index (χ1v) is 5.92. The number of para-hydroxylation sites is 1. The Bertz CT molecular complexity index is 592. The molecule has 0 fully saturated rings. The number of rotatable bonds is 3. The summed E-state index contributed by atoms with van der Waals surface area (Å²) in [6.07, 6.45) is 0. The molecule has 1 amide bonds. The van der Waals surface area contributed by atoms with E-state index in [1.54, 1.807) is 18.2 Å². The van der Waals surface area contributed by atoms with E-state index in [9.17, 15) is 4.79 Å². The Balaban J connectivity index is 2.23. The lowest BCUT2D eigenvalue weighted by molar-refractivity contribution is 0.102. The summed E-state index contributed by atoms with van der Waals surface area (Å²) >= 11 is 0. The molecule has 0 unspecified atom stereocenters. The number of nitrogen functional groups attached to an aromatic ring is 1. The molecule has 0 bridgehead atoms. The van der Waals surface area contributed by atoms with Crippen molar-refractivity contribution in [3.8, 4) is 5.75 Å². The fourth-order valence-electron chi connectivity index (χ4n) is 1.76. The van der Waals surface area contributed by atoms with E-state index in [0.717, 1.165) is 11.3 Å².